The molecule has 0 saturated heterocycles. The molecule has 1 aromatic rings. The number of halogens is 1. The minimum absolute atomic E-state index is 0.314. The van der Waals surface area contributed by atoms with Gasteiger partial charge in [0.2, 0.25) is 0 Å². The Balaban J connectivity index is 2.05. The van der Waals surface area contributed by atoms with Crippen LogP contribution >= 0.6 is 0 Å². The van der Waals surface area contributed by atoms with Gasteiger partial charge in [0.15, 0.2) is 0 Å². The number of rotatable bonds is 2. The maximum Gasteiger partial charge on any atom is 0.410 e. The lowest BCUT2D eigenvalue weighted by Gasteiger charge is -2.29. The van der Waals surface area contributed by atoms with E-state index in [9.17, 15) is 9.18 Å². The van der Waals surface area contributed by atoms with Gasteiger partial charge in [-0.05, 0) is 64.6 Å². The molecular weight excluding hydrogens is 331 g/mol. The van der Waals surface area contributed by atoms with Gasteiger partial charge in [-0.25, -0.2) is 9.18 Å². The third-order valence-electron chi connectivity index (χ3n) is 3.82. The van der Waals surface area contributed by atoms with Gasteiger partial charge >= 0.3 is 6.09 Å². The first-order valence-corrected chi connectivity index (χ1v) is 8.76. The van der Waals surface area contributed by atoms with Crippen molar-refractivity contribution in [3.63, 3.8) is 0 Å². The number of hydrogen-bond donors (Lipinski definition) is 0. The zero-order valence-corrected chi connectivity index (χ0v) is 16.2. The largest absolute Gasteiger partial charge is 0.444 e. The van der Waals surface area contributed by atoms with E-state index in [4.69, 9.17) is 4.74 Å². The maximum absolute atomic E-state index is 14.3. The third-order valence-corrected chi connectivity index (χ3v) is 3.82. The predicted octanol–water partition coefficient (Wildman–Crippen LogP) is 3.76. The molecule has 0 aliphatic carbocycles. The highest BCUT2D eigenvalue weighted by Gasteiger charge is 2.24. The van der Waals surface area contributed by atoms with Crippen LogP contribution in [-0.4, -0.2) is 55.2 Å². The third kappa shape index (κ3) is 5.89. The lowest BCUT2D eigenvalue weighted by atomic mass is 9.98. The average Bonchev–Trinajstić information content (AvgIpc) is 2.54. The Morgan fingerprint density at radius 3 is 2.62 bits per heavy atom. The van der Waals surface area contributed by atoms with E-state index in [1.807, 2.05) is 51.9 Å². The highest BCUT2D eigenvalue weighted by atomic mass is 19.1. The predicted molar refractivity (Wildman–Crippen MR) is 102 cm³/mol. The van der Waals surface area contributed by atoms with Crippen molar-refractivity contribution in [1.82, 2.24) is 9.80 Å². The smallest absolute Gasteiger partial charge is 0.410 e. The first-order valence-electron chi connectivity index (χ1n) is 8.76. The van der Waals surface area contributed by atoms with Crippen LogP contribution in [0.15, 0.2) is 24.3 Å². The molecule has 1 amide bonds. The topological polar surface area (TPSA) is 32.8 Å². The van der Waals surface area contributed by atoms with Crippen LogP contribution in [0.25, 0.3) is 5.57 Å². The summed E-state index contributed by atoms with van der Waals surface area (Å²) in [5.41, 5.74) is 1.77. The van der Waals surface area contributed by atoms with Crippen LogP contribution < -0.4 is 0 Å². The molecule has 0 N–H and O–H groups in total. The summed E-state index contributed by atoms with van der Waals surface area (Å²) in [6.07, 6.45) is 2.31. The van der Waals surface area contributed by atoms with Crippen LogP contribution in [0.2, 0.25) is 0 Å². The Bertz CT molecular complexity index is 752. The van der Waals surface area contributed by atoms with E-state index in [0.29, 0.717) is 31.6 Å². The number of amides is 1. The van der Waals surface area contributed by atoms with Crippen LogP contribution in [-0.2, 0) is 4.74 Å². The van der Waals surface area contributed by atoms with Gasteiger partial charge in [0.25, 0.3) is 0 Å². The second-order valence-corrected chi connectivity index (χ2v) is 7.64. The second kappa shape index (κ2) is 8.37. The lowest BCUT2D eigenvalue weighted by molar-refractivity contribution is 0.0270. The second-order valence-electron chi connectivity index (χ2n) is 7.64. The molecule has 1 heterocycles. The summed E-state index contributed by atoms with van der Waals surface area (Å²) in [5.74, 6) is 5.49. The Kier molecular flexibility index (Phi) is 6.44. The standard InChI is InChI=1S/C21H27FN2O2/c1-21(2,3)26-20(25)24-13-10-16(11-14-24)18-9-8-17(19(22)15-18)7-6-12-23(4)5/h8-10,15H,11-14H2,1-5H3. The van der Waals surface area contributed by atoms with Crippen LogP contribution in [0.3, 0.4) is 0 Å². The SMILES string of the molecule is CN(C)CC#Cc1ccc(C2=CCN(C(=O)OC(C)(C)C)CC2)cc1F. The molecule has 2 rings (SSSR count). The Labute approximate surface area is 155 Å². The molecule has 0 unspecified atom stereocenters. The minimum Gasteiger partial charge on any atom is -0.444 e. The van der Waals surface area contributed by atoms with E-state index in [1.54, 1.807) is 11.0 Å². The van der Waals surface area contributed by atoms with Gasteiger partial charge in [-0.2, -0.15) is 0 Å². The molecule has 0 saturated carbocycles. The zero-order chi connectivity index (χ0) is 19.3. The van der Waals surface area contributed by atoms with Gasteiger partial charge in [-0.3, -0.25) is 4.90 Å². The fourth-order valence-electron chi connectivity index (χ4n) is 2.53. The van der Waals surface area contributed by atoms with Crippen molar-refractivity contribution in [2.45, 2.75) is 32.8 Å². The summed E-state index contributed by atoms with van der Waals surface area (Å²) in [4.78, 5) is 15.7. The van der Waals surface area contributed by atoms with Crippen molar-refractivity contribution >= 4 is 11.7 Å². The number of carbonyl (C=O) groups excluding carboxylic acids is 1. The zero-order valence-electron chi connectivity index (χ0n) is 16.2. The first kappa shape index (κ1) is 20.0. The van der Waals surface area contributed by atoms with Gasteiger partial charge in [-0.15, -0.1) is 0 Å². The van der Waals surface area contributed by atoms with E-state index < -0.39 is 5.60 Å². The minimum atomic E-state index is -0.506. The fourth-order valence-corrected chi connectivity index (χ4v) is 2.53. The number of carbonyl (C=O) groups is 1. The van der Waals surface area contributed by atoms with Gasteiger partial charge < -0.3 is 9.64 Å². The van der Waals surface area contributed by atoms with Crippen LogP contribution in [0.4, 0.5) is 9.18 Å². The molecule has 4 nitrogen and oxygen atoms in total. The van der Waals surface area contributed by atoms with Crippen molar-refractivity contribution in [2.24, 2.45) is 0 Å². The Morgan fingerprint density at radius 2 is 2.08 bits per heavy atom. The Morgan fingerprint density at radius 1 is 1.35 bits per heavy atom. The summed E-state index contributed by atoms with van der Waals surface area (Å²) >= 11 is 0. The molecule has 0 fully saturated rings. The number of hydrogen-bond acceptors (Lipinski definition) is 3. The van der Waals surface area contributed by atoms with E-state index >= 15 is 0 Å². The molecule has 1 aliphatic rings. The Hall–Kier alpha value is -2.32. The maximum atomic E-state index is 14.3. The molecule has 0 spiro atoms. The molecule has 140 valence electrons. The number of benzene rings is 1. The van der Waals surface area contributed by atoms with Gasteiger partial charge in [0.1, 0.15) is 11.4 Å². The van der Waals surface area contributed by atoms with Crippen molar-refractivity contribution in [1.29, 1.82) is 0 Å². The summed E-state index contributed by atoms with van der Waals surface area (Å²) < 4.78 is 19.7. The fraction of sp³-hybridized carbons (Fsp3) is 0.476. The molecular formula is C21H27FN2O2. The van der Waals surface area contributed by atoms with Crippen LogP contribution in [0.1, 0.15) is 38.3 Å². The molecule has 0 radical (unpaired) electrons. The van der Waals surface area contributed by atoms with Gasteiger partial charge in [0.05, 0.1) is 12.1 Å². The van der Waals surface area contributed by atoms with Crippen molar-refractivity contribution in [2.75, 3.05) is 33.7 Å². The summed E-state index contributed by atoms with van der Waals surface area (Å²) in [6.45, 7) is 7.17. The summed E-state index contributed by atoms with van der Waals surface area (Å²) in [7, 11) is 3.84. The summed E-state index contributed by atoms with van der Waals surface area (Å²) in [5, 5.41) is 0. The van der Waals surface area contributed by atoms with Crippen molar-refractivity contribution in [3.05, 3.63) is 41.2 Å². The van der Waals surface area contributed by atoms with Crippen LogP contribution in [0, 0.1) is 17.7 Å². The van der Waals surface area contributed by atoms with Crippen molar-refractivity contribution < 1.29 is 13.9 Å². The van der Waals surface area contributed by atoms with E-state index in [2.05, 4.69) is 11.8 Å². The first-order chi connectivity index (χ1) is 12.2. The molecule has 1 aromatic carbocycles. The molecule has 5 heteroatoms. The van der Waals surface area contributed by atoms with Gasteiger partial charge in [-0.1, -0.05) is 24.0 Å². The van der Waals surface area contributed by atoms with E-state index in [1.165, 1.54) is 6.07 Å². The highest BCUT2D eigenvalue weighted by molar-refractivity contribution is 5.73. The quantitative estimate of drug-likeness (QED) is 0.755. The monoisotopic (exact) mass is 358 g/mol. The summed E-state index contributed by atoms with van der Waals surface area (Å²) in [6, 6.07) is 5.13. The normalized spacial score (nSPS) is 14.6. The van der Waals surface area contributed by atoms with Crippen molar-refractivity contribution in [3.8, 4) is 11.8 Å². The van der Waals surface area contributed by atoms with Gasteiger partial charge in [0, 0.05) is 13.1 Å². The lowest BCUT2D eigenvalue weighted by Crippen LogP contribution is -2.39. The molecule has 0 aromatic heterocycles. The van der Waals surface area contributed by atoms with E-state index in [-0.39, 0.29) is 11.9 Å². The van der Waals surface area contributed by atoms with Crippen LogP contribution in [0.5, 0.6) is 0 Å². The number of ether oxygens (including phenoxy) is 1. The molecule has 0 atom stereocenters. The molecule has 26 heavy (non-hydrogen) atoms. The highest BCUT2D eigenvalue weighted by Crippen LogP contribution is 2.25. The molecule has 1 aliphatic heterocycles. The average molecular weight is 358 g/mol. The molecule has 0 bridgehead atoms. The van der Waals surface area contributed by atoms with E-state index in [0.717, 1.165) is 11.1 Å². The number of nitrogens with zero attached hydrogens (tertiary/aromatic N) is 2.